The quantitative estimate of drug-likeness (QED) is 0.620. The summed E-state index contributed by atoms with van der Waals surface area (Å²) in [5.41, 5.74) is 0.103. The summed E-state index contributed by atoms with van der Waals surface area (Å²) in [6, 6.07) is 0. The van der Waals surface area contributed by atoms with E-state index in [1.807, 2.05) is 6.08 Å². The number of hydrogen-bond acceptors (Lipinski definition) is 6. The minimum Gasteiger partial charge on any atom is -0.350 e. The number of ether oxygens (including phenoxy) is 4. The Morgan fingerprint density at radius 1 is 1.00 bits per heavy atom. The van der Waals surface area contributed by atoms with Crippen LogP contribution in [0.1, 0.15) is 58.8 Å². The molecule has 4 aliphatic carbocycles. The van der Waals surface area contributed by atoms with E-state index in [4.69, 9.17) is 18.9 Å². The van der Waals surface area contributed by atoms with Crippen LogP contribution in [0.25, 0.3) is 0 Å². The molecule has 0 N–H and O–H groups in total. The molecule has 2 saturated heterocycles. The molecule has 29 heavy (non-hydrogen) atoms. The second-order valence-corrected chi connectivity index (χ2v) is 10.5. The molecule has 0 unspecified atom stereocenters. The fourth-order valence-electron chi connectivity index (χ4n) is 8.36. The van der Waals surface area contributed by atoms with Crippen molar-refractivity contribution in [3.63, 3.8) is 0 Å². The number of fused-ring (bicyclic) bond motifs is 7. The second-order valence-electron chi connectivity index (χ2n) is 10.5. The molecule has 3 saturated carbocycles. The zero-order valence-corrected chi connectivity index (χ0v) is 17.3. The number of carbonyl (C=O) groups excluding carboxylic acids is 2. The first-order valence-electron chi connectivity index (χ1n) is 11.1. The van der Waals surface area contributed by atoms with E-state index in [0.717, 1.165) is 32.1 Å². The molecule has 7 atom stereocenters. The Balaban J connectivity index is 1.42. The average Bonchev–Trinajstić information content (AvgIpc) is 3.37. The lowest BCUT2D eigenvalue weighted by molar-refractivity contribution is -0.246. The minimum absolute atomic E-state index is 0.0165. The molecule has 0 aromatic heterocycles. The predicted molar refractivity (Wildman–Crippen MR) is 102 cm³/mol. The van der Waals surface area contributed by atoms with Gasteiger partial charge in [-0.2, -0.15) is 0 Å². The first-order chi connectivity index (χ1) is 13.9. The fourth-order valence-corrected chi connectivity index (χ4v) is 8.36. The van der Waals surface area contributed by atoms with Crippen LogP contribution in [0.3, 0.4) is 0 Å². The van der Waals surface area contributed by atoms with Crippen LogP contribution in [0, 0.1) is 28.6 Å². The van der Waals surface area contributed by atoms with Gasteiger partial charge in [-0.25, -0.2) is 0 Å². The lowest BCUT2D eigenvalue weighted by atomic mass is 9.45. The van der Waals surface area contributed by atoms with Gasteiger partial charge in [-0.05, 0) is 55.4 Å². The Kier molecular flexibility index (Phi) is 3.72. The van der Waals surface area contributed by atoms with Crippen molar-refractivity contribution in [1.82, 2.24) is 0 Å². The van der Waals surface area contributed by atoms with Crippen LogP contribution in [-0.2, 0) is 28.5 Å². The van der Waals surface area contributed by atoms with Gasteiger partial charge in [0.15, 0.2) is 19.4 Å². The van der Waals surface area contributed by atoms with Crippen LogP contribution in [-0.4, -0.2) is 43.1 Å². The van der Waals surface area contributed by atoms with E-state index in [2.05, 4.69) is 13.8 Å². The maximum Gasteiger partial charge on any atom is 0.226 e. The van der Waals surface area contributed by atoms with Crippen molar-refractivity contribution in [2.24, 2.45) is 28.6 Å². The summed E-state index contributed by atoms with van der Waals surface area (Å²) in [5, 5.41) is 0. The van der Waals surface area contributed by atoms with Crippen LogP contribution < -0.4 is 0 Å². The smallest absolute Gasteiger partial charge is 0.226 e. The minimum atomic E-state index is -0.884. The summed E-state index contributed by atoms with van der Waals surface area (Å²) in [5.74, 6) is 0.416. The number of rotatable bonds is 0. The number of Topliss-reactive ketones (excluding diaryl/α,β-unsaturated/α-hetero) is 1. The number of carbonyl (C=O) groups is 2. The van der Waals surface area contributed by atoms with Gasteiger partial charge >= 0.3 is 0 Å². The first kappa shape index (κ1) is 18.7. The summed E-state index contributed by atoms with van der Waals surface area (Å²) < 4.78 is 24.0. The zero-order valence-electron chi connectivity index (χ0n) is 17.3. The normalized spacial score (nSPS) is 53.9. The van der Waals surface area contributed by atoms with Gasteiger partial charge in [0.05, 0.1) is 0 Å². The van der Waals surface area contributed by atoms with E-state index >= 15 is 0 Å². The topological polar surface area (TPSA) is 71.1 Å². The highest BCUT2D eigenvalue weighted by Gasteiger charge is 2.76. The number of hydrogen-bond donors (Lipinski definition) is 0. The van der Waals surface area contributed by atoms with Crippen LogP contribution in [0.5, 0.6) is 0 Å². The molecular formula is C23H30O6. The van der Waals surface area contributed by atoms with Crippen LogP contribution >= 0.6 is 0 Å². The van der Waals surface area contributed by atoms with E-state index in [1.54, 1.807) is 0 Å². The molecule has 0 aromatic carbocycles. The summed E-state index contributed by atoms with van der Waals surface area (Å²) in [6.45, 7) is 5.24. The standard InChI is InChI=1S/C23H30O6/c1-20-7-5-15(24)9-14(20)3-4-16-17-6-8-22(21(17,2)10-18(25)19(16)20)23(29-13-27-22)11-26-12-28-23/h9,16-17,19H,3-8,10-13H2,1-2H3/t16-,17+,19+,20+,21+,22-,23+/m1/s1. The van der Waals surface area contributed by atoms with Gasteiger partial charge in [0.25, 0.3) is 0 Å². The molecule has 0 aromatic rings. The van der Waals surface area contributed by atoms with Crippen molar-refractivity contribution in [3.05, 3.63) is 11.6 Å². The van der Waals surface area contributed by atoms with Crippen molar-refractivity contribution < 1.29 is 28.5 Å². The zero-order chi connectivity index (χ0) is 20.1. The van der Waals surface area contributed by atoms with Gasteiger partial charge < -0.3 is 18.9 Å². The van der Waals surface area contributed by atoms with Crippen LogP contribution in [0.2, 0.25) is 0 Å². The molecule has 5 fully saturated rings. The van der Waals surface area contributed by atoms with E-state index in [9.17, 15) is 9.59 Å². The molecule has 0 bridgehead atoms. The monoisotopic (exact) mass is 402 g/mol. The third-order valence-corrected chi connectivity index (χ3v) is 9.65. The predicted octanol–water partition coefficient (Wildman–Crippen LogP) is 3.14. The molecule has 0 amide bonds. The summed E-state index contributed by atoms with van der Waals surface area (Å²) in [7, 11) is 0. The Morgan fingerprint density at radius 2 is 1.83 bits per heavy atom. The van der Waals surface area contributed by atoms with E-state index in [-0.39, 0.29) is 36.1 Å². The van der Waals surface area contributed by atoms with E-state index in [1.165, 1.54) is 5.57 Å². The average molecular weight is 402 g/mol. The fraction of sp³-hybridized carbons (Fsp3) is 0.826. The highest BCUT2D eigenvalue weighted by molar-refractivity contribution is 5.93. The summed E-state index contributed by atoms with van der Waals surface area (Å²) in [6.07, 6.45) is 7.48. The Bertz CT molecular complexity index is 807. The molecule has 2 heterocycles. The third-order valence-electron chi connectivity index (χ3n) is 9.65. The lowest BCUT2D eigenvalue weighted by Gasteiger charge is -2.59. The van der Waals surface area contributed by atoms with Gasteiger partial charge in [-0.3, -0.25) is 9.59 Å². The van der Waals surface area contributed by atoms with E-state index < -0.39 is 11.4 Å². The molecule has 2 spiro atoms. The lowest BCUT2D eigenvalue weighted by Crippen LogP contribution is -2.65. The largest absolute Gasteiger partial charge is 0.350 e. The van der Waals surface area contributed by atoms with E-state index in [0.29, 0.717) is 37.1 Å². The van der Waals surface area contributed by atoms with Gasteiger partial charge in [-0.15, -0.1) is 0 Å². The van der Waals surface area contributed by atoms with Crippen molar-refractivity contribution in [2.45, 2.75) is 70.2 Å². The van der Waals surface area contributed by atoms with Gasteiger partial charge in [0.1, 0.15) is 18.0 Å². The number of allylic oxidation sites excluding steroid dienone is 1. The Hall–Kier alpha value is -1.08. The van der Waals surface area contributed by atoms with Crippen LogP contribution in [0.4, 0.5) is 0 Å². The molecule has 0 radical (unpaired) electrons. The summed E-state index contributed by atoms with van der Waals surface area (Å²) >= 11 is 0. The van der Waals surface area contributed by atoms with Gasteiger partial charge in [0, 0.05) is 24.2 Å². The first-order valence-corrected chi connectivity index (χ1v) is 11.1. The molecule has 6 nitrogen and oxygen atoms in total. The van der Waals surface area contributed by atoms with Gasteiger partial charge in [0.2, 0.25) is 5.79 Å². The highest BCUT2D eigenvalue weighted by Crippen LogP contribution is 2.70. The second kappa shape index (κ2) is 5.78. The molecule has 6 rings (SSSR count). The Morgan fingerprint density at radius 3 is 2.62 bits per heavy atom. The molecule has 2 aliphatic heterocycles. The molecule has 6 aliphatic rings. The number of ketones is 2. The highest BCUT2D eigenvalue weighted by atomic mass is 16.9. The SMILES string of the molecule is C[C@]12CCC(=O)C=C1CC[C@H]1[C@H]2C(=O)C[C@@]2(C)[C@H]1CC[C@@]21OCO[C@@]12COCO2. The van der Waals surface area contributed by atoms with Gasteiger partial charge in [-0.1, -0.05) is 19.4 Å². The van der Waals surface area contributed by atoms with Crippen LogP contribution in [0.15, 0.2) is 11.6 Å². The maximum absolute atomic E-state index is 13.8. The molecule has 158 valence electrons. The molecule has 6 heteroatoms. The maximum atomic E-state index is 13.8. The van der Waals surface area contributed by atoms with Crippen molar-refractivity contribution in [2.75, 3.05) is 20.2 Å². The molecular weight excluding hydrogens is 372 g/mol. The third kappa shape index (κ3) is 2.07. The van der Waals surface area contributed by atoms with Crippen molar-refractivity contribution in [3.8, 4) is 0 Å². The summed E-state index contributed by atoms with van der Waals surface area (Å²) in [4.78, 5) is 25.8. The Labute approximate surface area is 171 Å². The van der Waals surface area contributed by atoms with Crippen molar-refractivity contribution in [1.29, 1.82) is 0 Å². The van der Waals surface area contributed by atoms with Crippen molar-refractivity contribution >= 4 is 11.6 Å².